The molecule has 190 valence electrons. The summed E-state index contributed by atoms with van der Waals surface area (Å²) < 4.78 is 10.4. The van der Waals surface area contributed by atoms with Crippen molar-refractivity contribution in [1.29, 1.82) is 0 Å². The van der Waals surface area contributed by atoms with Crippen LogP contribution in [0, 0.1) is 16.7 Å². The Hall–Kier alpha value is -2.42. The number of nitrogens with zero attached hydrogens (tertiary/aromatic N) is 1. The fourth-order valence-corrected chi connectivity index (χ4v) is 5.27. The molecule has 0 aromatic rings. The summed E-state index contributed by atoms with van der Waals surface area (Å²) in [4.78, 5) is 53.2. The van der Waals surface area contributed by atoms with E-state index < -0.39 is 47.0 Å². The van der Waals surface area contributed by atoms with Crippen LogP contribution in [0.15, 0.2) is 12.7 Å². The van der Waals surface area contributed by atoms with Crippen LogP contribution in [0.25, 0.3) is 0 Å². The number of carbonyl (C=O) groups excluding carboxylic acids is 4. The van der Waals surface area contributed by atoms with Crippen LogP contribution in [-0.4, -0.2) is 71.7 Å². The van der Waals surface area contributed by atoms with Crippen LogP contribution in [0.1, 0.15) is 65.7 Å². The number of Topliss-reactive ketones (excluding diaryl/α,β-unsaturated/α-hetero) is 1. The van der Waals surface area contributed by atoms with E-state index in [-0.39, 0.29) is 37.2 Å². The zero-order valence-electron chi connectivity index (χ0n) is 20.7. The molecule has 0 unspecified atom stereocenters. The number of esters is 1. The van der Waals surface area contributed by atoms with Crippen LogP contribution in [0.3, 0.4) is 0 Å². The Bertz CT molecular complexity index is 830. The monoisotopic (exact) mass is 478 g/mol. The summed E-state index contributed by atoms with van der Waals surface area (Å²) in [5.74, 6) is -1.38. The van der Waals surface area contributed by atoms with E-state index in [1.54, 1.807) is 6.08 Å². The second-order valence-electron chi connectivity index (χ2n) is 11.0. The van der Waals surface area contributed by atoms with Gasteiger partial charge in [-0.1, -0.05) is 26.8 Å². The number of aliphatic hydroxyl groups is 1. The minimum absolute atomic E-state index is 0.0166. The van der Waals surface area contributed by atoms with E-state index in [9.17, 15) is 24.3 Å². The minimum Gasteiger partial charge on any atom is -0.469 e. The van der Waals surface area contributed by atoms with E-state index in [1.165, 1.54) is 12.0 Å². The lowest BCUT2D eigenvalue weighted by atomic mass is 9.85. The van der Waals surface area contributed by atoms with E-state index in [2.05, 4.69) is 11.9 Å². The Morgan fingerprint density at radius 2 is 1.88 bits per heavy atom. The van der Waals surface area contributed by atoms with Crippen molar-refractivity contribution in [1.82, 2.24) is 10.2 Å². The molecule has 3 rings (SSSR count). The number of carbonyl (C=O) groups is 4. The molecule has 34 heavy (non-hydrogen) atoms. The van der Waals surface area contributed by atoms with Gasteiger partial charge in [0.1, 0.15) is 12.1 Å². The molecule has 9 heteroatoms. The van der Waals surface area contributed by atoms with Gasteiger partial charge < -0.3 is 24.8 Å². The van der Waals surface area contributed by atoms with Crippen LogP contribution in [0.5, 0.6) is 0 Å². The first-order valence-corrected chi connectivity index (χ1v) is 12.1. The van der Waals surface area contributed by atoms with Gasteiger partial charge >= 0.3 is 12.1 Å². The van der Waals surface area contributed by atoms with E-state index in [4.69, 9.17) is 9.47 Å². The average molecular weight is 479 g/mol. The Kier molecular flexibility index (Phi) is 7.75. The predicted octanol–water partition coefficient (Wildman–Crippen LogP) is 2.36. The molecule has 3 fully saturated rings. The normalized spacial score (nSPS) is 29.9. The Morgan fingerprint density at radius 1 is 1.24 bits per heavy atom. The molecule has 1 saturated heterocycles. The SMILES string of the molecule is C=C[C@@H]1C[C@]1(CC(=O)[C@@H]1C[C@H](O)CN1C(=O)[C@@H](NC(=O)OC1CCCC1)C(C)(C)C)C(=O)OC. The number of ketones is 1. The first-order chi connectivity index (χ1) is 15.9. The van der Waals surface area contributed by atoms with Gasteiger partial charge in [0.05, 0.1) is 24.7 Å². The quantitative estimate of drug-likeness (QED) is 0.406. The van der Waals surface area contributed by atoms with Crippen molar-refractivity contribution in [2.24, 2.45) is 16.7 Å². The second-order valence-corrected chi connectivity index (χ2v) is 11.0. The standard InChI is InChI=1S/C25H38N2O7/c1-6-15-12-25(15,22(31)33-5)13-19(29)18-11-16(28)14-27(18)21(30)20(24(2,3)4)26-23(32)34-17-9-7-8-10-17/h6,15-18,20,28H,1,7-14H2,2-5H3,(H,26,32)/t15-,16+,18+,20-,25-/m1/s1. The molecule has 0 spiro atoms. The molecular weight excluding hydrogens is 440 g/mol. The van der Waals surface area contributed by atoms with E-state index in [0.29, 0.717) is 6.42 Å². The first-order valence-electron chi connectivity index (χ1n) is 12.1. The molecule has 0 radical (unpaired) electrons. The summed E-state index contributed by atoms with van der Waals surface area (Å²) >= 11 is 0. The first kappa shape index (κ1) is 26.2. The molecule has 0 aromatic carbocycles. The summed E-state index contributed by atoms with van der Waals surface area (Å²) in [5.41, 5.74) is -1.62. The van der Waals surface area contributed by atoms with Crippen LogP contribution >= 0.6 is 0 Å². The van der Waals surface area contributed by atoms with Crippen molar-refractivity contribution < 1.29 is 33.8 Å². The Morgan fingerprint density at radius 3 is 2.41 bits per heavy atom. The summed E-state index contributed by atoms with van der Waals surface area (Å²) in [6.07, 6.45) is 4.08. The van der Waals surface area contributed by atoms with Crippen molar-refractivity contribution in [2.75, 3.05) is 13.7 Å². The molecule has 3 aliphatic rings. The third kappa shape index (κ3) is 5.45. The maximum absolute atomic E-state index is 13.6. The summed E-state index contributed by atoms with van der Waals surface area (Å²) in [7, 11) is 1.28. The van der Waals surface area contributed by atoms with Gasteiger partial charge in [0, 0.05) is 19.4 Å². The largest absolute Gasteiger partial charge is 0.469 e. The van der Waals surface area contributed by atoms with Crippen molar-refractivity contribution in [3.63, 3.8) is 0 Å². The summed E-state index contributed by atoms with van der Waals surface area (Å²) in [5, 5.41) is 13.0. The topological polar surface area (TPSA) is 122 Å². The molecular formula is C25H38N2O7. The smallest absolute Gasteiger partial charge is 0.408 e. The lowest BCUT2D eigenvalue weighted by molar-refractivity contribution is -0.150. The highest BCUT2D eigenvalue weighted by molar-refractivity contribution is 5.96. The minimum atomic E-state index is -0.956. The molecule has 0 bridgehead atoms. The highest BCUT2D eigenvalue weighted by atomic mass is 16.6. The zero-order valence-corrected chi connectivity index (χ0v) is 20.7. The van der Waals surface area contributed by atoms with Crippen molar-refractivity contribution in [2.45, 2.75) is 90.0 Å². The Balaban J connectivity index is 1.74. The van der Waals surface area contributed by atoms with Crippen LogP contribution in [0.2, 0.25) is 0 Å². The van der Waals surface area contributed by atoms with Gasteiger partial charge in [-0.3, -0.25) is 14.4 Å². The maximum Gasteiger partial charge on any atom is 0.408 e. The molecule has 9 nitrogen and oxygen atoms in total. The lowest BCUT2D eigenvalue weighted by Crippen LogP contribution is -2.57. The van der Waals surface area contributed by atoms with Crippen molar-refractivity contribution in [3.05, 3.63) is 12.7 Å². The van der Waals surface area contributed by atoms with Gasteiger partial charge in [-0.15, -0.1) is 6.58 Å². The summed E-state index contributed by atoms with van der Waals surface area (Å²) in [6.45, 7) is 9.17. The number of nitrogens with one attached hydrogen (secondary N) is 1. The lowest BCUT2D eigenvalue weighted by Gasteiger charge is -2.35. The van der Waals surface area contributed by atoms with Gasteiger partial charge in [-0.25, -0.2) is 4.79 Å². The van der Waals surface area contributed by atoms with E-state index in [0.717, 1.165) is 25.7 Å². The molecule has 1 aliphatic heterocycles. The van der Waals surface area contributed by atoms with Crippen LogP contribution in [0.4, 0.5) is 4.79 Å². The number of aliphatic hydroxyl groups excluding tert-OH is 1. The number of alkyl carbamates (subject to hydrolysis) is 1. The number of likely N-dealkylation sites (tertiary alicyclic amines) is 1. The van der Waals surface area contributed by atoms with E-state index >= 15 is 0 Å². The van der Waals surface area contributed by atoms with Crippen LogP contribution in [-0.2, 0) is 23.9 Å². The second kappa shape index (κ2) is 10.1. The average Bonchev–Trinajstić information content (AvgIpc) is 3.07. The van der Waals surface area contributed by atoms with Gasteiger partial charge in [0.15, 0.2) is 5.78 Å². The summed E-state index contributed by atoms with van der Waals surface area (Å²) in [6, 6.07) is -1.83. The maximum atomic E-state index is 13.6. The van der Waals surface area contributed by atoms with Crippen molar-refractivity contribution in [3.8, 4) is 0 Å². The van der Waals surface area contributed by atoms with Gasteiger partial charge in [0.2, 0.25) is 5.91 Å². The number of hydrogen-bond donors (Lipinski definition) is 2. The molecule has 1 heterocycles. The molecule has 2 aliphatic carbocycles. The number of methoxy groups -OCH3 is 1. The Labute approximate surface area is 201 Å². The zero-order chi connectivity index (χ0) is 25.3. The van der Waals surface area contributed by atoms with Crippen molar-refractivity contribution >= 4 is 23.8 Å². The molecule has 0 aromatic heterocycles. The van der Waals surface area contributed by atoms with Gasteiger partial charge in [-0.2, -0.15) is 0 Å². The molecule has 2 saturated carbocycles. The van der Waals surface area contributed by atoms with E-state index in [1.807, 2.05) is 20.8 Å². The molecule has 5 atom stereocenters. The van der Waals surface area contributed by atoms with Gasteiger partial charge in [0.25, 0.3) is 0 Å². The highest BCUT2D eigenvalue weighted by Crippen LogP contribution is 2.57. The third-order valence-corrected chi connectivity index (χ3v) is 7.38. The third-order valence-electron chi connectivity index (χ3n) is 7.38. The number of β-amino-alcohol motifs (C(OH)–C–C–N with tert-alkyl or cyclic N) is 1. The number of amides is 2. The number of ether oxygens (including phenoxy) is 2. The predicted molar refractivity (Wildman–Crippen MR) is 124 cm³/mol. The fraction of sp³-hybridized carbons (Fsp3) is 0.760. The number of allylic oxidation sites excluding steroid dienone is 1. The fourth-order valence-electron chi connectivity index (χ4n) is 5.27. The number of hydrogen-bond acceptors (Lipinski definition) is 7. The van der Waals surface area contributed by atoms with Crippen LogP contribution < -0.4 is 5.32 Å². The highest BCUT2D eigenvalue weighted by Gasteiger charge is 2.61. The number of rotatable bonds is 8. The molecule has 2 N–H and O–H groups in total. The van der Waals surface area contributed by atoms with Gasteiger partial charge in [-0.05, 0) is 43.4 Å². The molecule has 2 amide bonds.